The normalized spacial score (nSPS) is 16.3. The van der Waals surface area contributed by atoms with E-state index in [1.54, 1.807) is 0 Å². The van der Waals surface area contributed by atoms with Crippen LogP contribution in [0.5, 0.6) is 0 Å². The highest BCUT2D eigenvalue weighted by molar-refractivity contribution is 5.78. The van der Waals surface area contributed by atoms with Gasteiger partial charge >= 0.3 is 0 Å². The first kappa shape index (κ1) is 18.6. The zero-order valence-electron chi connectivity index (χ0n) is 15.7. The number of pyridine rings is 1. The Labute approximate surface area is 156 Å². The van der Waals surface area contributed by atoms with Crippen molar-refractivity contribution in [2.45, 2.75) is 45.2 Å². The molecule has 1 aromatic carbocycles. The molecule has 1 fully saturated rings. The highest BCUT2D eigenvalue weighted by Gasteiger charge is 2.23. The van der Waals surface area contributed by atoms with E-state index >= 15 is 0 Å². The van der Waals surface area contributed by atoms with E-state index in [0.717, 1.165) is 38.2 Å². The predicted molar refractivity (Wildman–Crippen MR) is 105 cm³/mol. The van der Waals surface area contributed by atoms with Gasteiger partial charge in [-0.25, -0.2) is 0 Å². The van der Waals surface area contributed by atoms with Crippen LogP contribution in [0.4, 0.5) is 0 Å². The van der Waals surface area contributed by atoms with Crippen molar-refractivity contribution >= 4 is 5.91 Å². The van der Waals surface area contributed by atoms with Gasteiger partial charge in [0.25, 0.3) is 0 Å². The number of benzene rings is 1. The molecule has 138 valence electrons. The van der Waals surface area contributed by atoms with Crippen LogP contribution >= 0.6 is 0 Å². The van der Waals surface area contributed by atoms with E-state index < -0.39 is 0 Å². The number of rotatable bonds is 6. The summed E-state index contributed by atoms with van der Waals surface area (Å²) in [7, 11) is 0. The molecule has 0 bridgehead atoms. The topological polar surface area (TPSA) is 36.4 Å². The van der Waals surface area contributed by atoms with Gasteiger partial charge in [-0.15, -0.1) is 0 Å². The van der Waals surface area contributed by atoms with Gasteiger partial charge in [0.2, 0.25) is 5.91 Å². The summed E-state index contributed by atoms with van der Waals surface area (Å²) in [5.74, 6) is 0.241. The van der Waals surface area contributed by atoms with Crippen LogP contribution in [0.15, 0.2) is 54.7 Å². The second-order valence-electron chi connectivity index (χ2n) is 7.12. The Balaban J connectivity index is 1.74. The van der Waals surface area contributed by atoms with Gasteiger partial charge in [0, 0.05) is 25.8 Å². The Kier molecular flexibility index (Phi) is 6.78. The average Bonchev–Trinajstić information content (AvgIpc) is 2.98. The summed E-state index contributed by atoms with van der Waals surface area (Å²) in [5.41, 5.74) is 2.23. The quantitative estimate of drug-likeness (QED) is 0.788. The fourth-order valence-electron chi connectivity index (χ4n) is 3.55. The monoisotopic (exact) mass is 351 g/mol. The van der Waals surface area contributed by atoms with Crippen LogP contribution < -0.4 is 0 Å². The Hall–Kier alpha value is -2.20. The molecule has 1 amide bonds. The molecule has 1 saturated heterocycles. The van der Waals surface area contributed by atoms with Gasteiger partial charge in [0.15, 0.2) is 0 Å². The molecule has 4 heteroatoms. The summed E-state index contributed by atoms with van der Waals surface area (Å²) >= 11 is 0. The summed E-state index contributed by atoms with van der Waals surface area (Å²) in [5, 5.41) is 0. The smallest absolute Gasteiger partial charge is 0.236 e. The van der Waals surface area contributed by atoms with E-state index in [4.69, 9.17) is 0 Å². The van der Waals surface area contributed by atoms with Crippen molar-refractivity contribution in [3.63, 3.8) is 0 Å². The highest BCUT2D eigenvalue weighted by atomic mass is 16.2. The maximum absolute atomic E-state index is 13.0. The molecule has 3 rings (SSSR count). The Morgan fingerprint density at radius 3 is 2.38 bits per heavy atom. The van der Waals surface area contributed by atoms with Gasteiger partial charge in [0.05, 0.1) is 18.3 Å². The molecule has 1 aliphatic rings. The Morgan fingerprint density at radius 1 is 1.04 bits per heavy atom. The molecule has 0 aliphatic carbocycles. The largest absolute Gasteiger partial charge is 0.342 e. The minimum atomic E-state index is 0.0901. The van der Waals surface area contributed by atoms with E-state index in [0.29, 0.717) is 6.54 Å². The molecule has 0 spiro atoms. The molecule has 0 saturated carbocycles. The Bertz CT molecular complexity index is 666. The van der Waals surface area contributed by atoms with E-state index in [2.05, 4.69) is 46.0 Å². The first-order valence-corrected chi connectivity index (χ1v) is 9.71. The number of likely N-dealkylation sites (tertiary alicyclic amines) is 1. The van der Waals surface area contributed by atoms with Crippen LogP contribution in [0.25, 0.3) is 0 Å². The molecular weight excluding hydrogens is 322 g/mol. The van der Waals surface area contributed by atoms with Crippen LogP contribution in [0.3, 0.4) is 0 Å². The summed E-state index contributed by atoms with van der Waals surface area (Å²) in [4.78, 5) is 21.8. The average molecular weight is 351 g/mol. The number of nitrogens with zero attached hydrogens (tertiary/aromatic N) is 3. The number of amides is 1. The summed E-state index contributed by atoms with van der Waals surface area (Å²) in [6.45, 7) is 5.12. The van der Waals surface area contributed by atoms with E-state index in [-0.39, 0.29) is 11.9 Å². The Morgan fingerprint density at radius 2 is 1.73 bits per heavy atom. The van der Waals surface area contributed by atoms with Crippen LogP contribution in [-0.4, -0.2) is 40.3 Å². The van der Waals surface area contributed by atoms with Crippen molar-refractivity contribution in [3.05, 3.63) is 66.0 Å². The van der Waals surface area contributed by atoms with Crippen LogP contribution in [-0.2, 0) is 11.3 Å². The van der Waals surface area contributed by atoms with Crippen LogP contribution in [0, 0.1) is 0 Å². The van der Waals surface area contributed by atoms with Gasteiger partial charge in [-0.1, -0.05) is 49.2 Å². The number of aromatic nitrogens is 1. The lowest BCUT2D eigenvalue weighted by Gasteiger charge is -2.31. The standard InChI is InChI=1S/C22H29N3O/c1-19(21-13-7-8-14-23-21)25(17-20-11-5-4-6-12-20)18-22(26)24-15-9-2-3-10-16-24/h4-8,11-14,19H,2-3,9-10,15-18H2,1H3. The molecule has 2 aromatic rings. The zero-order chi connectivity index (χ0) is 18.2. The van der Waals surface area contributed by atoms with Crippen molar-refractivity contribution in [3.8, 4) is 0 Å². The second-order valence-corrected chi connectivity index (χ2v) is 7.12. The van der Waals surface area contributed by atoms with Gasteiger partial charge in [0.1, 0.15) is 0 Å². The number of carbonyl (C=O) groups is 1. The lowest BCUT2D eigenvalue weighted by Crippen LogP contribution is -2.41. The maximum atomic E-state index is 13.0. The minimum absolute atomic E-state index is 0.0901. The number of hydrogen-bond acceptors (Lipinski definition) is 3. The molecule has 1 aromatic heterocycles. The van der Waals surface area contributed by atoms with Crippen molar-refractivity contribution < 1.29 is 4.79 Å². The fraction of sp³-hybridized carbons (Fsp3) is 0.455. The van der Waals surface area contributed by atoms with E-state index in [1.807, 2.05) is 30.5 Å². The third kappa shape index (κ3) is 5.15. The van der Waals surface area contributed by atoms with Gasteiger partial charge < -0.3 is 4.90 Å². The third-order valence-electron chi connectivity index (χ3n) is 5.19. The fourth-order valence-corrected chi connectivity index (χ4v) is 3.55. The molecular formula is C22H29N3O. The SMILES string of the molecule is CC(c1ccccn1)N(CC(=O)N1CCCCCC1)Cc1ccccc1. The molecule has 0 N–H and O–H groups in total. The first-order chi connectivity index (χ1) is 12.7. The predicted octanol–water partition coefficient (Wildman–Crippen LogP) is 4.05. The minimum Gasteiger partial charge on any atom is -0.342 e. The first-order valence-electron chi connectivity index (χ1n) is 9.71. The zero-order valence-corrected chi connectivity index (χ0v) is 15.7. The van der Waals surface area contributed by atoms with Gasteiger partial charge in [-0.3, -0.25) is 14.7 Å². The lowest BCUT2D eigenvalue weighted by atomic mass is 10.1. The molecule has 1 aliphatic heterocycles. The van der Waals surface area contributed by atoms with Crippen LogP contribution in [0.1, 0.15) is 49.9 Å². The summed E-state index contributed by atoms with van der Waals surface area (Å²) < 4.78 is 0. The van der Waals surface area contributed by atoms with E-state index in [1.165, 1.54) is 18.4 Å². The van der Waals surface area contributed by atoms with E-state index in [9.17, 15) is 4.79 Å². The van der Waals surface area contributed by atoms with Gasteiger partial charge in [-0.05, 0) is 37.5 Å². The summed E-state index contributed by atoms with van der Waals surface area (Å²) in [6, 6.07) is 16.4. The maximum Gasteiger partial charge on any atom is 0.236 e. The molecule has 2 heterocycles. The molecule has 0 radical (unpaired) electrons. The highest BCUT2D eigenvalue weighted by Crippen LogP contribution is 2.21. The van der Waals surface area contributed by atoms with Crippen molar-refractivity contribution in [2.24, 2.45) is 0 Å². The third-order valence-corrected chi connectivity index (χ3v) is 5.19. The van der Waals surface area contributed by atoms with Crippen LogP contribution in [0.2, 0.25) is 0 Å². The van der Waals surface area contributed by atoms with Gasteiger partial charge in [-0.2, -0.15) is 0 Å². The van der Waals surface area contributed by atoms with Crippen molar-refractivity contribution in [2.75, 3.05) is 19.6 Å². The second kappa shape index (κ2) is 9.48. The summed E-state index contributed by atoms with van der Waals surface area (Å²) in [6.07, 6.45) is 6.55. The molecule has 4 nitrogen and oxygen atoms in total. The number of carbonyl (C=O) groups excluding carboxylic acids is 1. The lowest BCUT2D eigenvalue weighted by molar-refractivity contribution is -0.133. The van der Waals surface area contributed by atoms with Crippen molar-refractivity contribution in [1.29, 1.82) is 0 Å². The molecule has 26 heavy (non-hydrogen) atoms. The number of hydrogen-bond donors (Lipinski definition) is 0. The molecule has 1 atom stereocenters. The van der Waals surface area contributed by atoms with Crippen molar-refractivity contribution in [1.82, 2.24) is 14.8 Å². The molecule has 1 unspecified atom stereocenters.